The highest BCUT2D eigenvalue weighted by molar-refractivity contribution is 9.10. The highest BCUT2D eigenvalue weighted by Crippen LogP contribution is 2.17. The molecular formula is C11H11BrN2. The predicted octanol–water partition coefficient (Wildman–Crippen LogP) is 3.25. The summed E-state index contributed by atoms with van der Waals surface area (Å²) in [6.07, 6.45) is 1.78. The van der Waals surface area contributed by atoms with Gasteiger partial charge in [-0.1, -0.05) is 6.07 Å². The summed E-state index contributed by atoms with van der Waals surface area (Å²) in [4.78, 5) is 0. The molecule has 2 aromatic rings. The Balaban J connectivity index is 2.57. The highest BCUT2D eigenvalue weighted by atomic mass is 79.9. The Kier molecular flexibility index (Phi) is 2.42. The van der Waals surface area contributed by atoms with Gasteiger partial charge in [0.2, 0.25) is 0 Å². The van der Waals surface area contributed by atoms with E-state index in [4.69, 9.17) is 0 Å². The molecule has 72 valence electrons. The van der Waals surface area contributed by atoms with Crippen molar-refractivity contribution in [2.45, 2.75) is 13.8 Å². The average Bonchev–Trinajstić information content (AvgIpc) is 2.49. The number of hydrogen-bond donors (Lipinski definition) is 0. The number of aromatic nitrogens is 2. The molecule has 1 heterocycles. The van der Waals surface area contributed by atoms with Crippen molar-refractivity contribution in [2.24, 2.45) is 0 Å². The van der Waals surface area contributed by atoms with Gasteiger partial charge < -0.3 is 0 Å². The summed E-state index contributed by atoms with van der Waals surface area (Å²) in [6.45, 7) is 4.18. The number of rotatable bonds is 1. The molecule has 2 rings (SSSR count). The zero-order chi connectivity index (χ0) is 10.1. The normalized spacial score (nSPS) is 10.5. The van der Waals surface area contributed by atoms with Crippen LogP contribution in [0, 0.1) is 13.8 Å². The van der Waals surface area contributed by atoms with Crippen LogP contribution in [0.1, 0.15) is 11.1 Å². The Hall–Kier alpha value is -1.09. The van der Waals surface area contributed by atoms with Crippen LogP contribution in [0.15, 0.2) is 35.1 Å². The van der Waals surface area contributed by atoms with E-state index < -0.39 is 0 Å². The number of halogens is 1. The van der Waals surface area contributed by atoms with Crippen molar-refractivity contribution in [1.82, 2.24) is 9.78 Å². The van der Waals surface area contributed by atoms with Crippen molar-refractivity contribution in [3.63, 3.8) is 0 Å². The van der Waals surface area contributed by atoms with Gasteiger partial charge in [-0.05, 0) is 59.1 Å². The quantitative estimate of drug-likeness (QED) is 0.760. The van der Waals surface area contributed by atoms with Gasteiger partial charge in [-0.2, -0.15) is 5.10 Å². The molecule has 0 fully saturated rings. The predicted molar refractivity (Wildman–Crippen MR) is 60.7 cm³/mol. The second-order valence-corrected chi connectivity index (χ2v) is 4.22. The van der Waals surface area contributed by atoms with Gasteiger partial charge in [0.15, 0.2) is 0 Å². The third-order valence-electron chi connectivity index (χ3n) is 2.05. The van der Waals surface area contributed by atoms with Crippen molar-refractivity contribution < 1.29 is 0 Å². The van der Waals surface area contributed by atoms with Crippen LogP contribution in [0.5, 0.6) is 0 Å². The van der Waals surface area contributed by atoms with Crippen LogP contribution >= 0.6 is 15.9 Å². The van der Waals surface area contributed by atoms with Gasteiger partial charge in [-0.15, -0.1) is 0 Å². The first-order chi connectivity index (χ1) is 6.66. The van der Waals surface area contributed by atoms with Crippen molar-refractivity contribution in [3.05, 3.63) is 46.2 Å². The fourth-order valence-corrected chi connectivity index (χ4v) is 1.96. The summed E-state index contributed by atoms with van der Waals surface area (Å²) in [6, 6.07) is 8.31. The molecule has 0 radical (unpaired) electrons. The lowest BCUT2D eigenvalue weighted by atomic mass is 10.1. The minimum absolute atomic E-state index is 0.975. The summed E-state index contributed by atoms with van der Waals surface area (Å²) in [5.74, 6) is 0. The van der Waals surface area contributed by atoms with Crippen LogP contribution in [0.3, 0.4) is 0 Å². The number of benzene rings is 1. The number of nitrogens with zero attached hydrogens (tertiary/aromatic N) is 2. The third-order valence-corrected chi connectivity index (χ3v) is 2.65. The Morgan fingerprint density at radius 1 is 1.14 bits per heavy atom. The smallest absolute Gasteiger partial charge is 0.109 e. The van der Waals surface area contributed by atoms with E-state index in [0.717, 1.165) is 10.3 Å². The summed E-state index contributed by atoms with van der Waals surface area (Å²) in [5.41, 5.74) is 3.60. The van der Waals surface area contributed by atoms with E-state index in [-0.39, 0.29) is 0 Å². The molecule has 0 spiro atoms. The molecule has 1 aromatic carbocycles. The van der Waals surface area contributed by atoms with Crippen LogP contribution in [-0.2, 0) is 0 Å². The standard InChI is InChI=1S/C11H11BrN2/c1-8-5-9(2)7-10(6-8)14-11(12)3-4-13-14/h3-7H,1-2H3. The molecule has 14 heavy (non-hydrogen) atoms. The molecule has 0 aliphatic heterocycles. The second-order valence-electron chi connectivity index (χ2n) is 3.41. The minimum Gasteiger partial charge on any atom is -0.227 e. The molecular weight excluding hydrogens is 240 g/mol. The van der Waals surface area contributed by atoms with Gasteiger partial charge in [0.25, 0.3) is 0 Å². The molecule has 0 N–H and O–H groups in total. The molecule has 2 nitrogen and oxygen atoms in total. The molecule has 0 atom stereocenters. The zero-order valence-electron chi connectivity index (χ0n) is 8.16. The molecule has 3 heteroatoms. The fraction of sp³-hybridized carbons (Fsp3) is 0.182. The van der Waals surface area contributed by atoms with Crippen molar-refractivity contribution in [3.8, 4) is 5.69 Å². The van der Waals surface area contributed by atoms with E-state index in [1.165, 1.54) is 11.1 Å². The Bertz CT molecular complexity index is 440. The Morgan fingerprint density at radius 3 is 2.29 bits per heavy atom. The molecule has 0 saturated carbocycles. The molecule has 1 aromatic heterocycles. The fourth-order valence-electron chi connectivity index (χ4n) is 1.55. The summed E-state index contributed by atoms with van der Waals surface area (Å²) in [7, 11) is 0. The maximum atomic E-state index is 4.24. The van der Waals surface area contributed by atoms with Crippen LogP contribution in [-0.4, -0.2) is 9.78 Å². The topological polar surface area (TPSA) is 17.8 Å². The van der Waals surface area contributed by atoms with Crippen LogP contribution in [0.4, 0.5) is 0 Å². The Labute approximate surface area is 91.7 Å². The van der Waals surface area contributed by atoms with Crippen LogP contribution in [0.2, 0.25) is 0 Å². The average molecular weight is 251 g/mol. The van der Waals surface area contributed by atoms with E-state index in [2.05, 4.69) is 53.1 Å². The van der Waals surface area contributed by atoms with E-state index in [9.17, 15) is 0 Å². The number of hydrogen-bond acceptors (Lipinski definition) is 1. The summed E-state index contributed by atoms with van der Waals surface area (Å²) < 4.78 is 2.85. The molecule has 0 saturated heterocycles. The third kappa shape index (κ3) is 1.73. The molecule has 0 unspecified atom stereocenters. The molecule has 0 amide bonds. The first kappa shape index (κ1) is 9.46. The molecule has 0 aliphatic rings. The van der Waals surface area contributed by atoms with Crippen molar-refractivity contribution >= 4 is 15.9 Å². The van der Waals surface area contributed by atoms with E-state index in [0.29, 0.717) is 0 Å². The lowest BCUT2D eigenvalue weighted by Crippen LogP contribution is -1.97. The van der Waals surface area contributed by atoms with Gasteiger partial charge >= 0.3 is 0 Å². The first-order valence-corrected chi connectivity index (χ1v) is 5.24. The van der Waals surface area contributed by atoms with Crippen LogP contribution < -0.4 is 0 Å². The minimum atomic E-state index is 0.975. The number of aryl methyl sites for hydroxylation is 2. The summed E-state index contributed by atoms with van der Waals surface area (Å²) in [5, 5.41) is 4.24. The largest absolute Gasteiger partial charge is 0.227 e. The van der Waals surface area contributed by atoms with Crippen molar-refractivity contribution in [1.29, 1.82) is 0 Å². The van der Waals surface area contributed by atoms with Gasteiger partial charge in [0, 0.05) is 0 Å². The lowest BCUT2D eigenvalue weighted by molar-refractivity contribution is 0.858. The first-order valence-electron chi connectivity index (χ1n) is 4.45. The van der Waals surface area contributed by atoms with Gasteiger partial charge in [-0.3, -0.25) is 0 Å². The zero-order valence-corrected chi connectivity index (χ0v) is 9.75. The maximum absolute atomic E-state index is 4.24. The Morgan fingerprint density at radius 2 is 1.79 bits per heavy atom. The van der Waals surface area contributed by atoms with E-state index in [1.807, 2.05) is 10.7 Å². The molecule has 0 aliphatic carbocycles. The van der Waals surface area contributed by atoms with Crippen molar-refractivity contribution in [2.75, 3.05) is 0 Å². The second kappa shape index (κ2) is 3.58. The lowest BCUT2D eigenvalue weighted by Gasteiger charge is -2.05. The summed E-state index contributed by atoms with van der Waals surface area (Å²) >= 11 is 3.45. The maximum Gasteiger partial charge on any atom is 0.109 e. The van der Waals surface area contributed by atoms with Gasteiger partial charge in [0.1, 0.15) is 4.60 Å². The molecule has 0 bridgehead atoms. The SMILES string of the molecule is Cc1cc(C)cc(-n2nccc2Br)c1. The monoisotopic (exact) mass is 250 g/mol. The van der Waals surface area contributed by atoms with E-state index in [1.54, 1.807) is 6.20 Å². The van der Waals surface area contributed by atoms with Gasteiger partial charge in [0.05, 0.1) is 11.9 Å². The van der Waals surface area contributed by atoms with Crippen LogP contribution in [0.25, 0.3) is 5.69 Å². The van der Waals surface area contributed by atoms with E-state index >= 15 is 0 Å². The van der Waals surface area contributed by atoms with Gasteiger partial charge in [-0.25, -0.2) is 4.68 Å². The highest BCUT2D eigenvalue weighted by Gasteiger charge is 2.02.